The van der Waals surface area contributed by atoms with Crippen LogP contribution in [0, 0.1) is 0 Å². The minimum Gasteiger partial charge on any atom is -0.218 e. The molecule has 0 N–H and O–H groups in total. The largest absolute Gasteiger partial charge is 0.218 e. The zero-order valence-electron chi connectivity index (χ0n) is 8.11. The molecule has 0 aliphatic heterocycles. The quantitative estimate of drug-likeness (QED) is 0.809. The van der Waals surface area contributed by atoms with Crippen molar-refractivity contribution in [3.8, 4) is 5.69 Å². The summed E-state index contributed by atoms with van der Waals surface area (Å²) in [6.45, 7) is 2.05. The highest BCUT2D eigenvalue weighted by molar-refractivity contribution is 6.37. The van der Waals surface area contributed by atoms with E-state index in [2.05, 4.69) is 17.2 Å². The standard InChI is InChI=1S/C10H9Cl2N3/c1-2-7-5-8(11)10(9(12)6-7)15-4-3-13-14-15/h3-6H,2H2,1H3. The third-order valence-electron chi connectivity index (χ3n) is 2.14. The number of benzene rings is 1. The van der Waals surface area contributed by atoms with E-state index in [0.29, 0.717) is 15.7 Å². The average Bonchev–Trinajstić information content (AvgIpc) is 2.69. The highest BCUT2D eigenvalue weighted by Crippen LogP contribution is 2.29. The third-order valence-corrected chi connectivity index (χ3v) is 2.71. The molecule has 0 aliphatic rings. The van der Waals surface area contributed by atoms with Crippen molar-refractivity contribution >= 4 is 23.2 Å². The zero-order valence-corrected chi connectivity index (χ0v) is 9.63. The topological polar surface area (TPSA) is 30.7 Å². The Bertz CT molecular complexity index is 443. The highest BCUT2D eigenvalue weighted by Gasteiger charge is 2.10. The van der Waals surface area contributed by atoms with Gasteiger partial charge in [0.2, 0.25) is 0 Å². The van der Waals surface area contributed by atoms with Crippen molar-refractivity contribution in [1.29, 1.82) is 0 Å². The van der Waals surface area contributed by atoms with E-state index >= 15 is 0 Å². The first kappa shape index (κ1) is 10.5. The van der Waals surface area contributed by atoms with Gasteiger partial charge < -0.3 is 0 Å². The number of rotatable bonds is 2. The van der Waals surface area contributed by atoms with Gasteiger partial charge in [0, 0.05) is 0 Å². The molecule has 0 unspecified atom stereocenters. The molecule has 0 radical (unpaired) electrons. The number of nitrogens with zero attached hydrogens (tertiary/aromatic N) is 3. The predicted molar refractivity (Wildman–Crippen MR) is 60.8 cm³/mol. The molecule has 0 saturated carbocycles. The maximum absolute atomic E-state index is 6.13. The Kier molecular flexibility index (Phi) is 2.93. The first-order valence-corrected chi connectivity index (χ1v) is 5.32. The van der Waals surface area contributed by atoms with Gasteiger partial charge in [-0.1, -0.05) is 35.3 Å². The predicted octanol–water partition coefficient (Wildman–Crippen LogP) is 3.14. The minimum atomic E-state index is 0.588. The Morgan fingerprint density at radius 1 is 1.27 bits per heavy atom. The van der Waals surface area contributed by atoms with E-state index < -0.39 is 0 Å². The van der Waals surface area contributed by atoms with Crippen LogP contribution in [0.3, 0.4) is 0 Å². The van der Waals surface area contributed by atoms with Gasteiger partial charge in [-0.05, 0) is 24.1 Å². The molecule has 5 heteroatoms. The van der Waals surface area contributed by atoms with Crippen LogP contribution in [-0.4, -0.2) is 15.0 Å². The monoisotopic (exact) mass is 241 g/mol. The van der Waals surface area contributed by atoms with Crippen molar-refractivity contribution in [3.63, 3.8) is 0 Å². The number of hydrogen-bond acceptors (Lipinski definition) is 2. The molecular formula is C10H9Cl2N3. The molecule has 2 aromatic rings. The molecule has 1 heterocycles. The van der Waals surface area contributed by atoms with Crippen LogP contribution in [0.2, 0.25) is 10.0 Å². The van der Waals surface area contributed by atoms with Crippen molar-refractivity contribution in [2.24, 2.45) is 0 Å². The number of halogens is 2. The van der Waals surface area contributed by atoms with Gasteiger partial charge in [0.25, 0.3) is 0 Å². The first-order chi connectivity index (χ1) is 7.22. The van der Waals surface area contributed by atoms with Crippen molar-refractivity contribution in [3.05, 3.63) is 40.1 Å². The van der Waals surface area contributed by atoms with Crippen LogP contribution in [0.4, 0.5) is 0 Å². The normalized spacial score (nSPS) is 10.6. The van der Waals surface area contributed by atoms with Gasteiger partial charge in [-0.3, -0.25) is 0 Å². The summed E-state index contributed by atoms with van der Waals surface area (Å²) < 4.78 is 1.56. The Balaban J connectivity index is 2.58. The summed E-state index contributed by atoms with van der Waals surface area (Å²) in [5, 5.41) is 8.76. The third kappa shape index (κ3) is 1.98. The van der Waals surface area contributed by atoms with Crippen LogP contribution in [0.15, 0.2) is 24.5 Å². The summed E-state index contributed by atoms with van der Waals surface area (Å²) in [5.74, 6) is 0. The molecule has 0 atom stereocenters. The van der Waals surface area contributed by atoms with Crippen molar-refractivity contribution in [2.75, 3.05) is 0 Å². The molecule has 15 heavy (non-hydrogen) atoms. The van der Waals surface area contributed by atoms with E-state index in [9.17, 15) is 0 Å². The fraction of sp³-hybridized carbons (Fsp3) is 0.200. The molecule has 3 nitrogen and oxygen atoms in total. The lowest BCUT2D eigenvalue weighted by Crippen LogP contribution is -1.98. The van der Waals surface area contributed by atoms with Crippen LogP contribution < -0.4 is 0 Å². The van der Waals surface area contributed by atoms with E-state index in [1.165, 1.54) is 0 Å². The fourth-order valence-corrected chi connectivity index (χ4v) is 2.07. The van der Waals surface area contributed by atoms with E-state index in [1.54, 1.807) is 17.1 Å². The Morgan fingerprint density at radius 3 is 2.40 bits per heavy atom. The molecule has 0 saturated heterocycles. The molecular weight excluding hydrogens is 233 g/mol. The maximum Gasteiger partial charge on any atom is 0.104 e. The summed E-state index contributed by atoms with van der Waals surface area (Å²) in [6.07, 6.45) is 4.19. The van der Waals surface area contributed by atoms with E-state index in [1.807, 2.05) is 12.1 Å². The van der Waals surface area contributed by atoms with Gasteiger partial charge in [0.05, 0.1) is 22.4 Å². The van der Waals surface area contributed by atoms with E-state index in [-0.39, 0.29) is 0 Å². The molecule has 0 aliphatic carbocycles. The smallest absolute Gasteiger partial charge is 0.104 e. The second kappa shape index (κ2) is 4.21. The average molecular weight is 242 g/mol. The van der Waals surface area contributed by atoms with Crippen molar-refractivity contribution in [2.45, 2.75) is 13.3 Å². The summed E-state index contributed by atoms with van der Waals surface area (Å²) in [6, 6.07) is 3.79. The van der Waals surface area contributed by atoms with Gasteiger partial charge in [-0.2, -0.15) is 0 Å². The Hall–Kier alpha value is -1.06. The van der Waals surface area contributed by atoms with Crippen LogP contribution >= 0.6 is 23.2 Å². The molecule has 0 fully saturated rings. The van der Waals surface area contributed by atoms with Gasteiger partial charge in [0.15, 0.2) is 0 Å². The maximum atomic E-state index is 6.13. The lowest BCUT2D eigenvalue weighted by atomic mass is 10.1. The Morgan fingerprint density at radius 2 is 1.93 bits per heavy atom. The lowest BCUT2D eigenvalue weighted by molar-refractivity contribution is 0.803. The summed E-state index contributed by atoms with van der Waals surface area (Å²) >= 11 is 12.3. The lowest BCUT2D eigenvalue weighted by Gasteiger charge is -2.08. The van der Waals surface area contributed by atoms with Crippen LogP contribution in [0.1, 0.15) is 12.5 Å². The molecule has 2 rings (SSSR count). The van der Waals surface area contributed by atoms with Crippen LogP contribution in [-0.2, 0) is 6.42 Å². The molecule has 0 bridgehead atoms. The van der Waals surface area contributed by atoms with Crippen molar-refractivity contribution in [1.82, 2.24) is 15.0 Å². The summed E-state index contributed by atoms with van der Waals surface area (Å²) in [7, 11) is 0. The highest BCUT2D eigenvalue weighted by atomic mass is 35.5. The fourth-order valence-electron chi connectivity index (χ4n) is 1.37. The van der Waals surface area contributed by atoms with Gasteiger partial charge in [-0.25, -0.2) is 4.68 Å². The van der Waals surface area contributed by atoms with Gasteiger partial charge in [-0.15, -0.1) is 5.10 Å². The van der Waals surface area contributed by atoms with E-state index in [4.69, 9.17) is 23.2 Å². The molecule has 0 spiro atoms. The van der Waals surface area contributed by atoms with Crippen LogP contribution in [0.5, 0.6) is 0 Å². The Labute approximate surface area is 97.6 Å². The van der Waals surface area contributed by atoms with E-state index in [0.717, 1.165) is 12.0 Å². The van der Waals surface area contributed by atoms with Crippen molar-refractivity contribution < 1.29 is 0 Å². The summed E-state index contributed by atoms with van der Waals surface area (Å²) in [5.41, 5.74) is 1.78. The number of aryl methyl sites for hydroxylation is 1. The second-order valence-corrected chi connectivity index (χ2v) is 3.92. The molecule has 0 amide bonds. The second-order valence-electron chi connectivity index (χ2n) is 3.11. The first-order valence-electron chi connectivity index (χ1n) is 4.57. The number of hydrogen-bond donors (Lipinski definition) is 0. The van der Waals surface area contributed by atoms with Gasteiger partial charge in [0.1, 0.15) is 5.69 Å². The number of aromatic nitrogens is 3. The van der Waals surface area contributed by atoms with Crippen LogP contribution in [0.25, 0.3) is 5.69 Å². The molecule has 78 valence electrons. The van der Waals surface area contributed by atoms with Gasteiger partial charge >= 0.3 is 0 Å². The molecule has 1 aromatic carbocycles. The zero-order chi connectivity index (χ0) is 10.8. The molecule has 1 aromatic heterocycles. The minimum absolute atomic E-state index is 0.588. The SMILES string of the molecule is CCc1cc(Cl)c(-n2ccnn2)c(Cl)c1. The summed E-state index contributed by atoms with van der Waals surface area (Å²) in [4.78, 5) is 0.